The normalized spacial score (nSPS) is 10.9. The van der Waals surface area contributed by atoms with Crippen molar-refractivity contribution in [3.63, 3.8) is 0 Å². The van der Waals surface area contributed by atoms with E-state index >= 15 is 0 Å². The van der Waals surface area contributed by atoms with Gasteiger partial charge in [0.05, 0.1) is 6.61 Å². The van der Waals surface area contributed by atoms with Crippen LogP contribution < -0.4 is 4.74 Å². The van der Waals surface area contributed by atoms with Crippen molar-refractivity contribution in [2.45, 2.75) is 20.1 Å². The third-order valence-corrected chi connectivity index (χ3v) is 3.42. The molecule has 0 saturated carbocycles. The van der Waals surface area contributed by atoms with Crippen molar-refractivity contribution < 1.29 is 9.84 Å². The van der Waals surface area contributed by atoms with Crippen LogP contribution in [0.3, 0.4) is 0 Å². The average Bonchev–Trinajstić information content (AvgIpc) is 2.50. The molecule has 3 nitrogen and oxygen atoms in total. The fraction of sp³-hybridized carbons (Fsp3) is 0.333. The second kappa shape index (κ2) is 7.81. The second-order valence-corrected chi connectivity index (χ2v) is 5.37. The van der Waals surface area contributed by atoms with Gasteiger partial charge in [0.1, 0.15) is 12.4 Å². The maximum atomic E-state index is 9.02. The average molecular weight is 285 g/mol. The number of rotatable bonds is 7. The highest BCUT2D eigenvalue weighted by Gasteiger charge is 2.01. The van der Waals surface area contributed by atoms with Crippen LogP contribution in [-0.2, 0) is 13.2 Å². The van der Waals surface area contributed by atoms with Crippen LogP contribution in [0.25, 0.3) is 0 Å². The van der Waals surface area contributed by atoms with E-state index in [-0.39, 0.29) is 6.61 Å². The summed E-state index contributed by atoms with van der Waals surface area (Å²) in [7, 11) is 2.08. The number of aryl methyl sites for hydroxylation is 1. The lowest BCUT2D eigenvalue weighted by atomic mass is 10.1. The van der Waals surface area contributed by atoms with Crippen LogP contribution >= 0.6 is 0 Å². The van der Waals surface area contributed by atoms with E-state index in [1.165, 1.54) is 11.1 Å². The molecule has 0 aliphatic rings. The topological polar surface area (TPSA) is 32.7 Å². The number of likely N-dealkylation sites (N-methyl/N-ethyl adjacent to an activating group) is 1. The first kappa shape index (κ1) is 15.5. The van der Waals surface area contributed by atoms with Gasteiger partial charge < -0.3 is 9.84 Å². The third-order valence-electron chi connectivity index (χ3n) is 3.42. The number of benzene rings is 2. The number of aliphatic hydroxyl groups is 1. The van der Waals surface area contributed by atoms with Crippen molar-refractivity contribution in [3.8, 4) is 5.75 Å². The summed E-state index contributed by atoms with van der Waals surface area (Å²) in [6, 6.07) is 16.2. The van der Waals surface area contributed by atoms with Gasteiger partial charge in [-0.25, -0.2) is 0 Å². The number of ether oxygens (including phenoxy) is 1. The van der Waals surface area contributed by atoms with E-state index in [2.05, 4.69) is 43.1 Å². The molecule has 0 amide bonds. The summed E-state index contributed by atoms with van der Waals surface area (Å²) in [6.07, 6.45) is 0. The summed E-state index contributed by atoms with van der Waals surface area (Å²) in [6.45, 7) is 4.59. The molecular weight excluding hydrogens is 262 g/mol. The molecule has 0 fully saturated rings. The molecule has 2 aromatic rings. The Balaban J connectivity index is 1.73. The van der Waals surface area contributed by atoms with E-state index in [1.54, 1.807) is 0 Å². The molecule has 0 spiro atoms. The van der Waals surface area contributed by atoms with Gasteiger partial charge in [0.15, 0.2) is 0 Å². The van der Waals surface area contributed by atoms with Gasteiger partial charge in [-0.15, -0.1) is 0 Å². The first-order valence-corrected chi connectivity index (χ1v) is 7.24. The van der Waals surface area contributed by atoms with Crippen LogP contribution in [0.2, 0.25) is 0 Å². The van der Waals surface area contributed by atoms with Gasteiger partial charge >= 0.3 is 0 Å². The summed E-state index contributed by atoms with van der Waals surface area (Å²) in [4.78, 5) is 2.22. The Hall–Kier alpha value is -1.84. The molecule has 0 radical (unpaired) electrons. The van der Waals surface area contributed by atoms with Crippen LogP contribution in [0.5, 0.6) is 5.75 Å². The van der Waals surface area contributed by atoms with Crippen molar-refractivity contribution in [2.24, 2.45) is 0 Å². The molecule has 2 rings (SSSR count). The number of hydrogen-bond acceptors (Lipinski definition) is 3. The van der Waals surface area contributed by atoms with Crippen LogP contribution in [-0.4, -0.2) is 30.2 Å². The minimum atomic E-state index is 0.0977. The van der Waals surface area contributed by atoms with Crippen LogP contribution in [0.15, 0.2) is 48.5 Å². The van der Waals surface area contributed by atoms with E-state index < -0.39 is 0 Å². The van der Waals surface area contributed by atoms with Crippen LogP contribution in [0.1, 0.15) is 16.7 Å². The SMILES string of the molecule is Cc1ccc(OCCN(C)Cc2ccc(CO)cc2)cc1. The highest BCUT2D eigenvalue weighted by atomic mass is 16.5. The molecule has 112 valence electrons. The van der Waals surface area contributed by atoms with E-state index in [0.29, 0.717) is 6.61 Å². The number of aliphatic hydroxyl groups excluding tert-OH is 1. The fourth-order valence-electron chi connectivity index (χ4n) is 2.09. The van der Waals surface area contributed by atoms with E-state index in [0.717, 1.165) is 24.4 Å². The maximum Gasteiger partial charge on any atom is 0.119 e. The van der Waals surface area contributed by atoms with E-state index in [1.807, 2.05) is 24.3 Å². The zero-order valence-electron chi connectivity index (χ0n) is 12.7. The molecule has 21 heavy (non-hydrogen) atoms. The van der Waals surface area contributed by atoms with Gasteiger partial charge in [-0.2, -0.15) is 0 Å². The minimum Gasteiger partial charge on any atom is -0.492 e. The van der Waals surface area contributed by atoms with Gasteiger partial charge in [-0.05, 0) is 37.2 Å². The molecular formula is C18H23NO2. The maximum absolute atomic E-state index is 9.02. The zero-order valence-corrected chi connectivity index (χ0v) is 12.7. The summed E-state index contributed by atoms with van der Waals surface area (Å²) in [5.41, 5.74) is 3.43. The second-order valence-electron chi connectivity index (χ2n) is 5.37. The molecule has 0 aliphatic carbocycles. The molecule has 0 saturated heterocycles. The molecule has 0 unspecified atom stereocenters. The smallest absolute Gasteiger partial charge is 0.119 e. The molecule has 0 aromatic heterocycles. The summed E-state index contributed by atoms with van der Waals surface area (Å²) in [5, 5.41) is 9.02. The molecule has 0 atom stereocenters. The fourth-order valence-corrected chi connectivity index (χ4v) is 2.09. The Morgan fingerprint density at radius 2 is 1.57 bits per heavy atom. The van der Waals surface area contributed by atoms with E-state index in [9.17, 15) is 0 Å². The highest BCUT2D eigenvalue weighted by Crippen LogP contribution is 2.11. The summed E-state index contributed by atoms with van der Waals surface area (Å²) in [5.74, 6) is 0.918. The van der Waals surface area contributed by atoms with Crippen molar-refractivity contribution >= 4 is 0 Å². The van der Waals surface area contributed by atoms with Crippen LogP contribution in [0, 0.1) is 6.92 Å². The quantitative estimate of drug-likeness (QED) is 0.849. The Morgan fingerprint density at radius 3 is 2.19 bits per heavy atom. The lowest BCUT2D eigenvalue weighted by molar-refractivity contribution is 0.233. The predicted octanol–water partition coefficient (Wildman–Crippen LogP) is 3.00. The standard InChI is InChI=1S/C18H23NO2/c1-15-3-9-18(10-4-15)21-12-11-19(2)13-16-5-7-17(14-20)8-6-16/h3-10,20H,11-14H2,1-2H3. The predicted molar refractivity (Wildman–Crippen MR) is 85.4 cm³/mol. The Bertz CT molecular complexity index is 534. The Labute approximate surface area is 126 Å². The molecule has 0 heterocycles. The molecule has 0 aliphatic heterocycles. The Kier molecular flexibility index (Phi) is 5.78. The Morgan fingerprint density at radius 1 is 0.952 bits per heavy atom. The van der Waals surface area contributed by atoms with Crippen LogP contribution in [0.4, 0.5) is 0 Å². The molecule has 1 N–H and O–H groups in total. The summed E-state index contributed by atoms with van der Waals surface area (Å²) < 4.78 is 5.73. The van der Waals surface area contributed by atoms with Gasteiger partial charge in [-0.1, -0.05) is 42.0 Å². The van der Waals surface area contributed by atoms with E-state index in [4.69, 9.17) is 9.84 Å². The minimum absolute atomic E-state index is 0.0977. The van der Waals surface area contributed by atoms with Gasteiger partial charge in [-0.3, -0.25) is 4.90 Å². The first-order valence-electron chi connectivity index (χ1n) is 7.24. The largest absolute Gasteiger partial charge is 0.492 e. The zero-order chi connectivity index (χ0) is 15.1. The molecule has 3 heteroatoms. The third kappa shape index (κ3) is 5.21. The molecule has 0 bridgehead atoms. The monoisotopic (exact) mass is 285 g/mol. The number of nitrogens with zero attached hydrogens (tertiary/aromatic N) is 1. The van der Waals surface area contributed by atoms with Crippen molar-refractivity contribution in [3.05, 3.63) is 65.2 Å². The highest BCUT2D eigenvalue weighted by molar-refractivity contribution is 5.26. The molecule has 2 aromatic carbocycles. The summed E-state index contributed by atoms with van der Waals surface area (Å²) >= 11 is 0. The van der Waals surface area contributed by atoms with Crippen molar-refractivity contribution in [1.82, 2.24) is 4.90 Å². The lowest BCUT2D eigenvalue weighted by Gasteiger charge is -2.17. The van der Waals surface area contributed by atoms with Crippen molar-refractivity contribution in [1.29, 1.82) is 0 Å². The van der Waals surface area contributed by atoms with Crippen molar-refractivity contribution in [2.75, 3.05) is 20.2 Å². The van der Waals surface area contributed by atoms with Gasteiger partial charge in [0.25, 0.3) is 0 Å². The van der Waals surface area contributed by atoms with Gasteiger partial charge in [0.2, 0.25) is 0 Å². The number of hydrogen-bond donors (Lipinski definition) is 1. The van der Waals surface area contributed by atoms with Gasteiger partial charge in [0, 0.05) is 13.1 Å². The lowest BCUT2D eigenvalue weighted by Crippen LogP contribution is -2.23. The first-order chi connectivity index (χ1) is 10.2.